The van der Waals surface area contributed by atoms with Crippen LogP contribution in [0.4, 0.5) is 0 Å². The molecule has 0 aromatic heterocycles. The van der Waals surface area contributed by atoms with Gasteiger partial charge in [-0.3, -0.25) is 4.79 Å². The second-order valence-corrected chi connectivity index (χ2v) is 5.45. The number of allylic oxidation sites excluding steroid dienone is 2. The van der Waals surface area contributed by atoms with Gasteiger partial charge in [-0.2, -0.15) is 0 Å². The number of carbonyl (C=O) groups excluding carboxylic acids is 1. The van der Waals surface area contributed by atoms with Gasteiger partial charge in [0.05, 0.1) is 0 Å². The van der Waals surface area contributed by atoms with Crippen molar-refractivity contribution in [1.82, 2.24) is 0 Å². The third-order valence-corrected chi connectivity index (χ3v) is 4.49. The molecule has 0 aliphatic heterocycles. The van der Waals surface area contributed by atoms with E-state index < -0.39 is 0 Å². The minimum absolute atomic E-state index is 0.151. The van der Waals surface area contributed by atoms with Gasteiger partial charge in [0.2, 0.25) is 0 Å². The maximum Gasteiger partial charge on any atom is 0.134 e. The van der Waals surface area contributed by atoms with E-state index in [0.29, 0.717) is 11.7 Å². The topological polar surface area (TPSA) is 17.1 Å². The van der Waals surface area contributed by atoms with Gasteiger partial charge in [-0.1, -0.05) is 32.9 Å². The van der Waals surface area contributed by atoms with Crippen LogP contribution in [-0.2, 0) is 4.79 Å². The lowest BCUT2D eigenvalue weighted by Crippen LogP contribution is -2.38. The van der Waals surface area contributed by atoms with Crippen molar-refractivity contribution < 1.29 is 4.79 Å². The van der Waals surface area contributed by atoms with Crippen LogP contribution in [0.3, 0.4) is 0 Å². The third-order valence-electron chi connectivity index (χ3n) is 4.49. The molecule has 3 atom stereocenters. The molecular weight excluding hydrogens is 160 g/mol. The number of fused-ring (bicyclic) bond motifs is 2. The van der Waals surface area contributed by atoms with E-state index in [-0.39, 0.29) is 16.7 Å². The predicted octanol–water partition coefficient (Wildman–Crippen LogP) is 2.81. The Morgan fingerprint density at radius 3 is 2.31 bits per heavy atom. The average molecular weight is 178 g/mol. The molecule has 1 saturated carbocycles. The summed E-state index contributed by atoms with van der Waals surface area (Å²) in [4.78, 5) is 11.6. The van der Waals surface area contributed by atoms with Crippen LogP contribution in [0.2, 0.25) is 0 Å². The lowest BCUT2D eigenvalue weighted by molar-refractivity contribution is -0.125. The quantitative estimate of drug-likeness (QED) is 0.564. The summed E-state index contributed by atoms with van der Waals surface area (Å²) in [6.07, 6.45) is 5.73. The molecule has 1 nitrogen and oxygen atoms in total. The summed E-state index contributed by atoms with van der Waals surface area (Å²) in [7, 11) is 0. The van der Waals surface area contributed by atoms with Crippen molar-refractivity contribution in [3.8, 4) is 0 Å². The lowest BCUT2D eigenvalue weighted by atomic mass is 9.63. The van der Waals surface area contributed by atoms with E-state index in [4.69, 9.17) is 0 Å². The molecule has 2 bridgehead atoms. The van der Waals surface area contributed by atoms with Crippen molar-refractivity contribution in [2.75, 3.05) is 0 Å². The second kappa shape index (κ2) is 2.26. The fourth-order valence-corrected chi connectivity index (χ4v) is 3.37. The van der Waals surface area contributed by atoms with Crippen LogP contribution in [0.5, 0.6) is 0 Å². The van der Waals surface area contributed by atoms with Crippen LogP contribution in [-0.4, -0.2) is 5.78 Å². The Bertz CT molecular complexity index is 287. The maximum atomic E-state index is 11.6. The summed E-state index contributed by atoms with van der Waals surface area (Å²) in [6.45, 7) is 8.50. The van der Waals surface area contributed by atoms with E-state index in [1.165, 1.54) is 6.42 Å². The van der Waals surface area contributed by atoms with Crippen LogP contribution in [0.15, 0.2) is 12.2 Å². The van der Waals surface area contributed by atoms with Crippen molar-refractivity contribution in [1.29, 1.82) is 0 Å². The van der Waals surface area contributed by atoms with Gasteiger partial charge in [0.25, 0.3) is 0 Å². The Morgan fingerprint density at radius 1 is 1.38 bits per heavy atom. The van der Waals surface area contributed by atoms with Crippen molar-refractivity contribution in [3.05, 3.63) is 12.2 Å². The molecule has 1 heteroatoms. The molecule has 2 rings (SSSR count). The van der Waals surface area contributed by atoms with Crippen LogP contribution in [0.1, 0.15) is 34.1 Å². The number of hydrogen-bond donors (Lipinski definition) is 0. The van der Waals surface area contributed by atoms with Gasteiger partial charge in [0.1, 0.15) is 5.78 Å². The van der Waals surface area contributed by atoms with Gasteiger partial charge >= 0.3 is 0 Å². The summed E-state index contributed by atoms with van der Waals surface area (Å²) in [5, 5.41) is 0. The molecule has 2 aliphatic carbocycles. The van der Waals surface area contributed by atoms with E-state index in [1.807, 2.05) is 0 Å². The van der Waals surface area contributed by atoms with E-state index in [0.717, 1.165) is 0 Å². The fourth-order valence-electron chi connectivity index (χ4n) is 3.37. The highest BCUT2D eigenvalue weighted by Gasteiger charge is 2.58. The van der Waals surface area contributed by atoms with Crippen LogP contribution in [0.25, 0.3) is 0 Å². The summed E-state index contributed by atoms with van der Waals surface area (Å²) >= 11 is 0. The minimum Gasteiger partial charge on any atom is -0.300 e. The first-order valence-electron chi connectivity index (χ1n) is 5.08. The Labute approximate surface area is 80.2 Å². The van der Waals surface area contributed by atoms with Gasteiger partial charge in [-0.05, 0) is 30.1 Å². The first-order valence-corrected chi connectivity index (χ1v) is 5.08. The molecular formula is C12H18O. The number of rotatable bonds is 1. The molecule has 0 N–H and O–H groups in total. The lowest BCUT2D eigenvalue weighted by Gasteiger charge is -2.40. The Balaban J connectivity index is 2.45. The van der Waals surface area contributed by atoms with E-state index in [2.05, 4.69) is 32.9 Å². The number of Topliss-reactive ketones (excluding diaryl/α,β-unsaturated/α-hetero) is 1. The van der Waals surface area contributed by atoms with Crippen molar-refractivity contribution in [2.45, 2.75) is 34.1 Å². The number of hydrogen-bond acceptors (Lipinski definition) is 1. The Hall–Kier alpha value is -0.590. The molecule has 72 valence electrons. The molecule has 0 heterocycles. The van der Waals surface area contributed by atoms with E-state index in [1.54, 1.807) is 6.92 Å². The number of carbonyl (C=O) groups is 1. The molecule has 0 aromatic carbocycles. The van der Waals surface area contributed by atoms with Gasteiger partial charge in [0.15, 0.2) is 0 Å². The van der Waals surface area contributed by atoms with Gasteiger partial charge in [0, 0.05) is 5.92 Å². The molecule has 13 heavy (non-hydrogen) atoms. The smallest absolute Gasteiger partial charge is 0.134 e. The highest BCUT2D eigenvalue weighted by Crippen LogP contribution is 2.63. The molecule has 0 saturated heterocycles. The van der Waals surface area contributed by atoms with Crippen molar-refractivity contribution in [3.63, 3.8) is 0 Å². The largest absolute Gasteiger partial charge is 0.300 e. The third kappa shape index (κ3) is 0.905. The van der Waals surface area contributed by atoms with Crippen LogP contribution in [0, 0.1) is 22.7 Å². The van der Waals surface area contributed by atoms with Crippen LogP contribution < -0.4 is 0 Å². The molecule has 0 radical (unpaired) electrons. The first-order chi connectivity index (χ1) is 5.88. The van der Waals surface area contributed by atoms with Gasteiger partial charge < -0.3 is 0 Å². The standard InChI is InChI=1S/C12H18O/c1-8(13)10-9-5-6-12(4,7-9)11(10,2)3/h5-6,9-10H,7H2,1-4H3. The van der Waals surface area contributed by atoms with Crippen molar-refractivity contribution in [2.24, 2.45) is 22.7 Å². The van der Waals surface area contributed by atoms with Gasteiger partial charge in [-0.25, -0.2) is 0 Å². The predicted molar refractivity (Wildman–Crippen MR) is 53.3 cm³/mol. The number of ketones is 1. The van der Waals surface area contributed by atoms with Gasteiger partial charge in [-0.15, -0.1) is 0 Å². The van der Waals surface area contributed by atoms with Crippen molar-refractivity contribution >= 4 is 5.78 Å². The molecule has 0 amide bonds. The SMILES string of the molecule is CC(=O)C1C2C=CC(C)(C2)C1(C)C. The zero-order valence-electron chi connectivity index (χ0n) is 8.92. The molecule has 3 unspecified atom stereocenters. The molecule has 0 spiro atoms. The highest BCUT2D eigenvalue weighted by atomic mass is 16.1. The minimum atomic E-state index is 0.151. The summed E-state index contributed by atoms with van der Waals surface area (Å²) in [5.74, 6) is 1.13. The maximum absolute atomic E-state index is 11.6. The fraction of sp³-hybridized carbons (Fsp3) is 0.750. The molecule has 2 aliphatic rings. The van der Waals surface area contributed by atoms with E-state index >= 15 is 0 Å². The summed E-state index contributed by atoms with van der Waals surface area (Å²) in [6, 6.07) is 0. The molecule has 0 aromatic rings. The highest BCUT2D eigenvalue weighted by molar-refractivity contribution is 5.81. The summed E-state index contributed by atoms with van der Waals surface area (Å²) < 4.78 is 0. The van der Waals surface area contributed by atoms with Crippen LogP contribution >= 0.6 is 0 Å². The summed E-state index contributed by atoms with van der Waals surface area (Å²) in [5.41, 5.74) is 0.409. The second-order valence-electron chi connectivity index (χ2n) is 5.45. The average Bonchev–Trinajstić information content (AvgIpc) is 2.38. The Kier molecular flexibility index (Phi) is 1.56. The Morgan fingerprint density at radius 2 is 2.00 bits per heavy atom. The zero-order chi connectivity index (χ0) is 9.85. The first kappa shape index (κ1) is 8.98. The zero-order valence-corrected chi connectivity index (χ0v) is 8.92. The molecule has 1 fully saturated rings. The normalized spacial score (nSPS) is 45.5. The van der Waals surface area contributed by atoms with E-state index in [9.17, 15) is 4.79 Å². The monoisotopic (exact) mass is 178 g/mol.